The molecule has 0 aromatic heterocycles. The van der Waals surface area contributed by atoms with Crippen LogP contribution in [-0.2, 0) is 6.42 Å². The van der Waals surface area contributed by atoms with Gasteiger partial charge in [-0.1, -0.05) is 128 Å². The van der Waals surface area contributed by atoms with Crippen LogP contribution in [0.15, 0.2) is 110 Å². The highest BCUT2D eigenvalue weighted by Crippen LogP contribution is 2.39. The molecule has 3 fully saturated rings. The van der Waals surface area contributed by atoms with Gasteiger partial charge < -0.3 is 0 Å². The van der Waals surface area contributed by atoms with Gasteiger partial charge in [0, 0.05) is 4.28 Å². The average Bonchev–Trinajstić information content (AvgIpc) is 3.18. The summed E-state index contributed by atoms with van der Waals surface area (Å²) in [5, 5.41) is 0. The van der Waals surface area contributed by atoms with Gasteiger partial charge in [-0.3, -0.25) is 0 Å². The Kier molecular flexibility index (Phi) is 18.1. The predicted octanol–water partition coefficient (Wildman–Crippen LogP) is 16.3. The van der Waals surface area contributed by atoms with Crippen LogP contribution in [0.5, 0.6) is 0 Å². The summed E-state index contributed by atoms with van der Waals surface area (Å²) >= 11 is 0. The summed E-state index contributed by atoms with van der Waals surface area (Å²) in [5.74, 6) is 5.07. The van der Waals surface area contributed by atoms with E-state index >= 15 is 0 Å². The molecule has 51 heavy (non-hydrogen) atoms. The van der Waals surface area contributed by atoms with Crippen molar-refractivity contribution in [2.24, 2.45) is 17.8 Å². The zero-order valence-corrected chi connectivity index (χ0v) is 33.3. The summed E-state index contributed by atoms with van der Waals surface area (Å²) in [5.41, 5.74) is 8.85. The highest BCUT2D eigenvalue weighted by molar-refractivity contribution is 5.27. The van der Waals surface area contributed by atoms with E-state index in [-0.39, 0.29) is 4.28 Å². The molecule has 0 atom stereocenters. The highest BCUT2D eigenvalue weighted by Gasteiger charge is 2.23. The van der Waals surface area contributed by atoms with Crippen molar-refractivity contribution in [1.82, 2.24) is 0 Å². The normalized spacial score (nSPS) is 25.0. The van der Waals surface area contributed by atoms with Gasteiger partial charge in [0.15, 0.2) is 0 Å². The molecule has 0 aliphatic heterocycles. The van der Waals surface area contributed by atoms with E-state index in [0.29, 0.717) is 0 Å². The second kappa shape index (κ2) is 22.7. The van der Waals surface area contributed by atoms with Crippen LogP contribution in [0.4, 0.5) is 0 Å². The van der Waals surface area contributed by atoms with Gasteiger partial charge in [-0.25, -0.2) is 0 Å². The Morgan fingerprint density at radius 2 is 0.980 bits per heavy atom. The Morgan fingerprint density at radius 3 is 1.37 bits per heavy atom. The van der Waals surface area contributed by atoms with E-state index in [1.165, 1.54) is 113 Å². The molecule has 3 aliphatic carbocycles. The van der Waals surface area contributed by atoms with Crippen LogP contribution >= 0.6 is 0 Å². The molecule has 0 saturated heterocycles. The molecule has 0 nitrogen and oxygen atoms in total. The van der Waals surface area contributed by atoms with Gasteiger partial charge in [0.1, 0.15) is 0 Å². The minimum Gasteiger partial charge on any atom is -0.103 e. The molecular formula is C51H78. The molecule has 3 aromatic rings. The lowest BCUT2D eigenvalue weighted by atomic mass is 9.77. The van der Waals surface area contributed by atoms with Crippen molar-refractivity contribution in [1.29, 1.82) is 0 Å². The van der Waals surface area contributed by atoms with Crippen molar-refractivity contribution in [3.63, 3.8) is 0 Å². The number of hydrogen-bond acceptors (Lipinski definition) is 0. The molecule has 0 bridgehead atoms. The van der Waals surface area contributed by atoms with Crippen LogP contribution in [0.1, 0.15) is 172 Å². The quantitative estimate of drug-likeness (QED) is 0.186. The first kappa shape index (κ1) is 40.6. The van der Waals surface area contributed by atoms with Crippen LogP contribution in [0.25, 0.3) is 0 Å². The smallest absolute Gasteiger partial charge is 0 e. The summed E-state index contributed by atoms with van der Waals surface area (Å²) in [6.45, 7) is 14.7. The lowest BCUT2D eigenvalue weighted by Gasteiger charge is -2.28. The average molecular weight is 691 g/mol. The Balaban J connectivity index is 0.000000394. The Bertz CT molecular complexity index is 1410. The second-order valence-electron chi connectivity index (χ2n) is 16.1. The summed E-state index contributed by atoms with van der Waals surface area (Å²) in [6.07, 6.45) is 32.8. The minimum atomic E-state index is 0. The van der Waals surface area contributed by atoms with Gasteiger partial charge in [-0.15, -0.1) is 6.58 Å². The zero-order chi connectivity index (χ0) is 36.3. The molecule has 0 unspecified atom stereocenters. The fourth-order valence-corrected chi connectivity index (χ4v) is 8.73. The van der Waals surface area contributed by atoms with E-state index in [9.17, 15) is 0 Å². The lowest BCUT2D eigenvalue weighted by Crippen LogP contribution is -2.13. The van der Waals surface area contributed by atoms with Gasteiger partial charge in [0.05, 0.1) is 0 Å². The maximum absolute atomic E-state index is 3.82. The van der Waals surface area contributed by atoms with Gasteiger partial charge >= 0.3 is 0 Å². The number of benzene rings is 3. The molecule has 0 amide bonds. The number of aryl methyl sites for hydroxylation is 3. The third-order valence-corrected chi connectivity index (χ3v) is 12.2. The first-order valence-electron chi connectivity index (χ1n) is 21.0. The molecular weight excluding hydrogens is 613 g/mol. The Labute approximate surface area is 319 Å². The fourth-order valence-electron chi connectivity index (χ4n) is 8.73. The molecule has 3 aromatic carbocycles. The van der Waals surface area contributed by atoms with E-state index in [2.05, 4.69) is 144 Å². The van der Waals surface area contributed by atoms with Gasteiger partial charge in [0.25, 0.3) is 0 Å². The molecule has 0 radical (unpaired) electrons. The lowest BCUT2D eigenvalue weighted by molar-refractivity contribution is 0.312. The second-order valence-corrected chi connectivity index (χ2v) is 16.1. The monoisotopic (exact) mass is 691 g/mol. The third kappa shape index (κ3) is 14.1. The molecule has 282 valence electrons. The molecule has 3 aliphatic rings. The maximum atomic E-state index is 3.82. The molecule has 6 rings (SSSR count). The van der Waals surface area contributed by atoms with E-state index in [4.69, 9.17) is 0 Å². The maximum Gasteiger partial charge on any atom is 0 e. The van der Waals surface area contributed by atoms with Gasteiger partial charge in [-0.05, 0) is 181 Å². The molecule has 0 spiro atoms. The van der Waals surface area contributed by atoms with E-state index in [1.54, 1.807) is 16.7 Å². The Hall–Kier alpha value is -3.12. The van der Waals surface area contributed by atoms with Gasteiger partial charge in [-0.2, -0.15) is 0 Å². The summed E-state index contributed by atoms with van der Waals surface area (Å²) in [7, 11) is 0. The van der Waals surface area contributed by atoms with Crippen LogP contribution in [0.3, 0.4) is 0 Å². The first-order valence-corrected chi connectivity index (χ1v) is 21.0. The molecule has 0 N–H and O–H groups in total. The topological polar surface area (TPSA) is 0 Å². The zero-order valence-electron chi connectivity index (χ0n) is 33.3. The highest BCUT2D eigenvalue weighted by atomic mass is 14.3. The van der Waals surface area contributed by atoms with Crippen molar-refractivity contribution in [3.05, 3.63) is 143 Å². The summed E-state index contributed by atoms with van der Waals surface area (Å²) in [4.78, 5) is 0. The largest absolute Gasteiger partial charge is 0.103 e. The number of rotatable bonds is 10. The van der Waals surface area contributed by atoms with E-state index in [1.807, 2.05) is 0 Å². The third-order valence-electron chi connectivity index (χ3n) is 12.2. The number of hydrogen-bond donors (Lipinski definition) is 0. The van der Waals surface area contributed by atoms with Crippen LogP contribution in [0.2, 0.25) is 0 Å². The van der Waals surface area contributed by atoms with Crippen LogP contribution in [0, 0.1) is 31.6 Å². The van der Waals surface area contributed by atoms with Crippen LogP contribution < -0.4 is 0 Å². The predicted molar refractivity (Wildman–Crippen MR) is 232 cm³/mol. The van der Waals surface area contributed by atoms with Crippen molar-refractivity contribution in [2.75, 3.05) is 0 Å². The standard InChI is InChI=1S/3C17H24.3H2/c2*1-3-4-5-15-8-12-17(13-9-15)16-10-6-14(2)7-11-16;1-3-5-15-8-12-17(13-9-15)16-10-6-14(4-2)7-11-16;;;/h4-7,10-11,15,17H,3,8-9,12-13H2,1-2H3;3,6-7,10-11,15,17H,1,4-5,8-9,12-13H2,2H3;3,5-7,10-11,15,17H,4,8-9,12-13H2,1-2H3;3*1H/b5-4+;;5-3+;;;. The SMILES string of the molecule is C/C=C/C1CCC(c2ccc(CC)cc2)CC1.C=CCCC1CCC(c2ccc(C)cc2)CC1.CC/C=C/C1CCC(c2ccc(C)cc2)CC1.[HH].[HH].[HH]. The molecule has 0 heteroatoms. The van der Waals surface area contributed by atoms with Crippen molar-refractivity contribution in [3.8, 4) is 0 Å². The van der Waals surface area contributed by atoms with Crippen molar-refractivity contribution >= 4 is 0 Å². The Morgan fingerprint density at radius 1 is 0.569 bits per heavy atom. The summed E-state index contributed by atoms with van der Waals surface area (Å²) in [6, 6.07) is 27.6. The minimum absolute atomic E-state index is 0. The van der Waals surface area contributed by atoms with Crippen molar-refractivity contribution < 1.29 is 4.28 Å². The molecule has 3 saturated carbocycles. The van der Waals surface area contributed by atoms with Crippen LogP contribution in [-0.4, -0.2) is 0 Å². The van der Waals surface area contributed by atoms with E-state index < -0.39 is 0 Å². The number of allylic oxidation sites excluding steroid dienone is 5. The summed E-state index contributed by atoms with van der Waals surface area (Å²) < 4.78 is 0. The first-order chi connectivity index (χ1) is 24.9. The van der Waals surface area contributed by atoms with Gasteiger partial charge in [0.2, 0.25) is 0 Å². The van der Waals surface area contributed by atoms with E-state index in [0.717, 1.165) is 41.9 Å². The molecule has 0 heterocycles. The van der Waals surface area contributed by atoms with Crippen molar-refractivity contribution in [2.45, 2.75) is 155 Å². The fraction of sp³-hybridized carbons (Fsp3) is 0.529.